The van der Waals surface area contributed by atoms with Crippen LogP contribution >= 0.6 is 24.0 Å². The number of hydrazone groups is 1. The number of benzene rings is 1. The van der Waals surface area contributed by atoms with Crippen LogP contribution in [0.15, 0.2) is 40.5 Å². The molecule has 1 saturated heterocycles. The van der Waals surface area contributed by atoms with E-state index in [4.69, 9.17) is 17.0 Å². The molecule has 1 atom stereocenters. The van der Waals surface area contributed by atoms with Crippen LogP contribution in [0.25, 0.3) is 0 Å². The van der Waals surface area contributed by atoms with Crippen LogP contribution in [0.3, 0.4) is 0 Å². The summed E-state index contributed by atoms with van der Waals surface area (Å²) in [6, 6.07) is 4.52. The fourth-order valence-electron chi connectivity index (χ4n) is 2.75. The molecule has 29 heavy (non-hydrogen) atoms. The maximum Gasteiger partial charge on any atom is 0.328 e. The number of rotatable bonds is 6. The van der Waals surface area contributed by atoms with Crippen LogP contribution in [0.1, 0.15) is 18.9 Å². The number of aliphatic carboxylic acids is 1. The maximum atomic E-state index is 13.1. The number of carboxylic acid groups (broad SMARTS) is 1. The van der Waals surface area contributed by atoms with Crippen molar-refractivity contribution in [2.75, 3.05) is 13.2 Å². The first kappa shape index (κ1) is 20.9. The van der Waals surface area contributed by atoms with Gasteiger partial charge < -0.3 is 9.84 Å². The SMILES string of the molecule is CCOC(=O)CN1C(=O)/C(=C/N2N=C(c3ccc(F)cc3)CC2C(=O)O)SC1=S. The minimum atomic E-state index is -1.12. The molecular formula is C18H16FN3O5S2. The quantitative estimate of drug-likeness (QED) is 0.410. The predicted octanol–water partition coefficient (Wildman–Crippen LogP) is 1.95. The van der Waals surface area contributed by atoms with E-state index < -0.39 is 29.7 Å². The largest absolute Gasteiger partial charge is 0.480 e. The van der Waals surface area contributed by atoms with Gasteiger partial charge in [0.2, 0.25) is 0 Å². The van der Waals surface area contributed by atoms with Crippen molar-refractivity contribution in [2.24, 2.45) is 5.10 Å². The fraction of sp³-hybridized carbons (Fsp3) is 0.278. The van der Waals surface area contributed by atoms with Crippen molar-refractivity contribution in [2.45, 2.75) is 19.4 Å². The molecular weight excluding hydrogens is 421 g/mol. The number of ether oxygens (including phenoxy) is 1. The second kappa shape index (κ2) is 8.70. The molecule has 0 spiro atoms. The third kappa shape index (κ3) is 4.62. The van der Waals surface area contributed by atoms with E-state index in [1.54, 1.807) is 6.92 Å². The summed E-state index contributed by atoms with van der Waals surface area (Å²) < 4.78 is 18.1. The molecule has 8 nitrogen and oxygen atoms in total. The van der Waals surface area contributed by atoms with Gasteiger partial charge in [-0.05, 0) is 24.6 Å². The summed E-state index contributed by atoms with van der Waals surface area (Å²) in [7, 11) is 0. The van der Waals surface area contributed by atoms with Crippen LogP contribution in [-0.4, -0.2) is 62.1 Å². The van der Waals surface area contributed by atoms with Crippen molar-refractivity contribution in [3.63, 3.8) is 0 Å². The van der Waals surface area contributed by atoms with E-state index in [2.05, 4.69) is 5.10 Å². The Bertz CT molecular complexity index is 932. The van der Waals surface area contributed by atoms with Crippen molar-refractivity contribution in [1.82, 2.24) is 9.91 Å². The third-order valence-electron chi connectivity index (χ3n) is 4.12. The van der Waals surface area contributed by atoms with Crippen LogP contribution in [-0.2, 0) is 19.1 Å². The molecule has 0 radical (unpaired) electrons. The lowest BCUT2D eigenvalue weighted by atomic mass is 10.0. The monoisotopic (exact) mass is 437 g/mol. The molecule has 0 aliphatic carbocycles. The summed E-state index contributed by atoms with van der Waals surface area (Å²) in [6.07, 6.45) is 1.39. The first-order valence-electron chi connectivity index (χ1n) is 8.55. The Hall–Kier alpha value is -2.79. The lowest BCUT2D eigenvalue weighted by Crippen LogP contribution is -2.35. The van der Waals surface area contributed by atoms with Crippen molar-refractivity contribution >= 4 is 51.9 Å². The van der Waals surface area contributed by atoms with Gasteiger partial charge in [0.25, 0.3) is 5.91 Å². The van der Waals surface area contributed by atoms with Crippen LogP contribution < -0.4 is 0 Å². The van der Waals surface area contributed by atoms with Crippen molar-refractivity contribution in [3.05, 3.63) is 46.8 Å². The number of carbonyl (C=O) groups excluding carboxylic acids is 2. The molecule has 0 aromatic heterocycles. The third-order valence-corrected chi connectivity index (χ3v) is 5.49. The smallest absolute Gasteiger partial charge is 0.328 e. The van der Waals surface area contributed by atoms with Gasteiger partial charge in [-0.25, -0.2) is 9.18 Å². The number of carboxylic acids is 1. The first-order chi connectivity index (χ1) is 13.8. The second-order valence-electron chi connectivity index (χ2n) is 6.05. The summed E-state index contributed by atoms with van der Waals surface area (Å²) in [6.45, 7) is 1.51. The number of hydrogen-bond donors (Lipinski definition) is 1. The van der Waals surface area contributed by atoms with Crippen LogP contribution in [0.5, 0.6) is 0 Å². The van der Waals surface area contributed by atoms with Gasteiger partial charge >= 0.3 is 11.9 Å². The van der Waals surface area contributed by atoms with Crippen molar-refractivity contribution in [3.8, 4) is 0 Å². The molecule has 1 fully saturated rings. The topological polar surface area (TPSA) is 99.5 Å². The van der Waals surface area contributed by atoms with E-state index in [1.807, 2.05) is 0 Å². The predicted molar refractivity (Wildman–Crippen MR) is 107 cm³/mol. The molecule has 0 saturated carbocycles. The van der Waals surface area contributed by atoms with E-state index in [0.717, 1.165) is 16.7 Å². The van der Waals surface area contributed by atoms with Crippen LogP contribution in [0, 0.1) is 5.82 Å². The number of carbonyl (C=O) groups is 3. The summed E-state index contributed by atoms with van der Waals surface area (Å²) in [5.41, 5.74) is 1.04. The van der Waals surface area contributed by atoms with Gasteiger partial charge in [-0.1, -0.05) is 36.1 Å². The zero-order chi connectivity index (χ0) is 21.1. The van der Waals surface area contributed by atoms with E-state index in [1.165, 1.54) is 35.5 Å². The van der Waals surface area contributed by atoms with Gasteiger partial charge in [-0.3, -0.25) is 19.5 Å². The maximum absolute atomic E-state index is 13.1. The highest BCUT2D eigenvalue weighted by Gasteiger charge is 2.37. The van der Waals surface area contributed by atoms with Gasteiger partial charge in [-0.2, -0.15) is 5.10 Å². The molecule has 1 aromatic carbocycles. The lowest BCUT2D eigenvalue weighted by Gasteiger charge is -2.16. The average molecular weight is 437 g/mol. The first-order valence-corrected chi connectivity index (χ1v) is 9.78. The number of thiocarbonyl (C=S) groups is 1. The average Bonchev–Trinajstić information content (AvgIpc) is 3.20. The standard InChI is InChI=1S/C18H16FN3O5S2/c1-2-27-15(23)9-21-16(24)14(29-18(21)28)8-22-13(17(25)26)7-12(20-22)10-3-5-11(19)6-4-10/h3-6,8,13H,2,7,9H2,1H3,(H,25,26)/b14-8-. The van der Waals surface area contributed by atoms with Gasteiger partial charge in [0.15, 0.2) is 6.04 Å². The van der Waals surface area contributed by atoms with Crippen molar-refractivity contribution in [1.29, 1.82) is 0 Å². The molecule has 2 heterocycles. The lowest BCUT2D eigenvalue weighted by molar-refractivity contribution is -0.145. The summed E-state index contributed by atoms with van der Waals surface area (Å²) in [5.74, 6) is -2.65. The Morgan fingerprint density at radius 3 is 2.72 bits per heavy atom. The highest BCUT2D eigenvalue weighted by Crippen LogP contribution is 2.33. The Morgan fingerprint density at radius 2 is 2.10 bits per heavy atom. The summed E-state index contributed by atoms with van der Waals surface area (Å²) in [4.78, 5) is 37.1. The number of amides is 1. The van der Waals surface area contributed by atoms with Crippen LogP contribution in [0.4, 0.5) is 4.39 Å². The normalized spacial score (nSPS) is 20.4. The zero-order valence-corrected chi connectivity index (χ0v) is 16.8. The Labute approximate surface area is 175 Å². The number of hydrogen-bond acceptors (Lipinski definition) is 8. The minimum Gasteiger partial charge on any atom is -0.480 e. The zero-order valence-electron chi connectivity index (χ0n) is 15.2. The van der Waals surface area contributed by atoms with Gasteiger partial charge in [-0.15, -0.1) is 0 Å². The number of esters is 1. The van der Waals surface area contributed by atoms with Gasteiger partial charge in [0, 0.05) is 12.6 Å². The van der Waals surface area contributed by atoms with E-state index in [-0.39, 0.29) is 28.8 Å². The molecule has 1 N–H and O–H groups in total. The fourth-order valence-corrected chi connectivity index (χ4v) is 3.97. The molecule has 1 amide bonds. The molecule has 1 aromatic rings. The van der Waals surface area contributed by atoms with Crippen molar-refractivity contribution < 1.29 is 28.6 Å². The highest BCUT2D eigenvalue weighted by atomic mass is 32.2. The highest BCUT2D eigenvalue weighted by molar-refractivity contribution is 8.26. The molecule has 11 heteroatoms. The molecule has 2 aliphatic rings. The molecule has 1 unspecified atom stereocenters. The molecule has 152 valence electrons. The Kier molecular flexibility index (Phi) is 6.28. The summed E-state index contributed by atoms with van der Waals surface area (Å²) >= 11 is 6.09. The van der Waals surface area contributed by atoms with Gasteiger partial charge in [0.1, 0.15) is 16.7 Å². The number of halogens is 1. The number of nitrogens with zero attached hydrogens (tertiary/aromatic N) is 3. The molecule has 0 bridgehead atoms. The van der Waals surface area contributed by atoms with E-state index in [0.29, 0.717) is 11.3 Å². The van der Waals surface area contributed by atoms with E-state index in [9.17, 15) is 23.9 Å². The van der Waals surface area contributed by atoms with Gasteiger partial charge in [0.05, 0.1) is 17.2 Å². The Morgan fingerprint density at radius 1 is 1.41 bits per heavy atom. The van der Waals surface area contributed by atoms with E-state index >= 15 is 0 Å². The van der Waals surface area contributed by atoms with Crippen LogP contribution in [0.2, 0.25) is 0 Å². The molecule has 2 aliphatic heterocycles. The molecule has 3 rings (SSSR count). The Balaban J connectivity index is 1.83. The summed E-state index contributed by atoms with van der Waals surface area (Å²) in [5, 5.41) is 15.0. The minimum absolute atomic E-state index is 0.0839. The number of thioether (sulfide) groups is 1. The second-order valence-corrected chi connectivity index (χ2v) is 7.73.